The number of rotatable bonds is 5. The quantitative estimate of drug-likeness (QED) is 0.720. The number of benzene rings is 1. The zero-order chi connectivity index (χ0) is 20.4. The average Bonchev–Trinajstić information content (AvgIpc) is 3.24. The van der Waals surface area contributed by atoms with E-state index in [1.54, 1.807) is 12.4 Å². The maximum atomic E-state index is 13.0. The lowest BCUT2D eigenvalue weighted by Gasteiger charge is -2.30. The SMILES string of the molecule is CN(C[C@H]1COc2ccccc2O1)C(=O)c1sccc1S(=O)(=O)N1CCCCC1. The highest BCUT2D eigenvalue weighted by molar-refractivity contribution is 7.89. The highest BCUT2D eigenvalue weighted by atomic mass is 32.2. The largest absolute Gasteiger partial charge is 0.486 e. The van der Waals surface area contributed by atoms with Gasteiger partial charge in [-0.2, -0.15) is 4.31 Å². The van der Waals surface area contributed by atoms with Gasteiger partial charge in [0.2, 0.25) is 10.0 Å². The minimum atomic E-state index is -3.66. The molecule has 0 aliphatic carbocycles. The van der Waals surface area contributed by atoms with Crippen molar-refractivity contribution in [3.05, 3.63) is 40.6 Å². The summed E-state index contributed by atoms with van der Waals surface area (Å²) in [6, 6.07) is 8.93. The van der Waals surface area contributed by atoms with E-state index in [1.807, 2.05) is 24.3 Å². The lowest BCUT2D eigenvalue weighted by atomic mass is 10.2. The number of para-hydroxylation sites is 2. The van der Waals surface area contributed by atoms with E-state index in [-0.39, 0.29) is 21.8 Å². The summed E-state index contributed by atoms with van der Waals surface area (Å²) < 4.78 is 39.2. The van der Waals surface area contributed by atoms with Gasteiger partial charge in [0.1, 0.15) is 16.4 Å². The van der Waals surface area contributed by atoms with Crippen molar-refractivity contribution >= 4 is 27.3 Å². The number of amides is 1. The van der Waals surface area contributed by atoms with Crippen LogP contribution in [0.2, 0.25) is 0 Å². The standard InChI is InChI=1S/C20H24N2O5S2/c1-21(13-15-14-26-16-7-3-4-8-17(16)27-15)20(23)19-18(9-12-28-19)29(24,25)22-10-5-2-6-11-22/h3-4,7-9,12,15H,2,5-6,10-11,13-14H2,1H3/t15-/m0/s1. The van der Waals surface area contributed by atoms with Crippen molar-refractivity contribution in [3.8, 4) is 11.5 Å². The molecule has 1 aromatic heterocycles. The third-order valence-corrected chi connectivity index (χ3v) is 8.12. The minimum absolute atomic E-state index is 0.104. The lowest BCUT2D eigenvalue weighted by Crippen LogP contribution is -2.42. The molecule has 1 atom stereocenters. The topological polar surface area (TPSA) is 76.1 Å². The van der Waals surface area contributed by atoms with Crippen LogP contribution in [0.25, 0.3) is 0 Å². The number of ether oxygens (including phenoxy) is 2. The van der Waals surface area contributed by atoms with Crippen LogP contribution in [0.3, 0.4) is 0 Å². The van der Waals surface area contributed by atoms with Crippen LogP contribution in [0.5, 0.6) is 11.5 Å². The first kappa shape index (κ1) is 20.2. The van der Waals surface area contributed by atoms with E-state index in [1.165, 1.54) is 15.3 Å². The minimum Gasteiger partial charge on any atom is -0.486 e. The van der Waals surface area contributed by atoms with Gasteiger partial charge in [0.05, 0.1) is 6.54 Å². The number of carbonyl (C=O) groups is 1. The van der Waals surface area contributed by atoms with Crippen molar-refractivity contribution in [1.29, 1.82) is 0 Å². The van der Waals surface area contributed by atoms with Crippen LogP contribution in [0.1, 0.15) is 28.9 Å². The van der Waals surface area contributed by atoms with E-state index in [9.17, 15) is 13.2 Å². The predicted molar refractivity (Wildman–Crippen MR) is 110 cm³/mol. The van der Waals surface area contributed by atoms with Gasteiger partial charge in [0.15, 0.2) is 17.6 Å². The summed E-state index contributed by atoms with van der Waals surface area (Å²) in [5, 5.41) is 1.66. The van der Waals surface area contributed by atoms with Gasteiger partial charge < -0.3 is 14.4 Å². The van der Waals surface area contributed by atoms with Crippen LogP contribution in [0, 0.1) is 0 Å². The fourth-order valence-corrected chi connectivity index (χ4v) is 6.52. The van der Waals surface area contributed by atoms with Gasteiger partial charge in [-0.3, -0.25) is 4.79 Å². The number of thiophene rings is 1. The Morgan fingerprint density at radius 3 is 2.66 bits per heavy atom. The summed E-state index contributed by atoms with van der Waals surface area (Å²) in [5.74, 6) is 1.01. The Bertz CT molecular complexity index is 982. The molecule has 1 aromatic carbocycles. The van der Waals surface area contributed by atoms with E-state index in [0.29, 0.717) is 37.7 Å². The van der Waals surface area contributed by atoms with E-state index >= 15 is 0 Å². The van der Waals surface area contributed by atoms with Crippen LogP contribution < -0.4 is 9.47 Å². The van der Waals surface area contributed by atoms with Crippen LogP contribution in [-0.4, -0.2) is 62.9 Å². The molecule has 2 aromatic rings. The number of nitrogens with zero attached hydrogens (tertiary/aromatic N) is 2. The van der Waals surface area contributed by atoms with Gasteiger partial charge in [-0.1, -0.05) is 18.6 Å². The van der Waals surface area contributed by atoms with Crippen LogP contribution in [0.15, 0.2) is 40.6 Å². The molecule has 0 spiro atoms. The summed E-state index contributed by atoms with van der Waals surface area (Å²) in [7, 11) is -2.00. The second-order valence-electron chi connectivity index (χ2n) is 7.26. The highest BCUT2D eigenvalue weighted by Gasteiger charge is 2.33. The molecule has 7 nitrogen and oxygen atoms in total. The summed E-state index contributed by atoms with van der Waals surface area (Å²) in [5.41, 5.74) is 0. The van der Waals surface area contributed by atoms with Crippen LogP contribution in [-0.2, 0) is 10.0 Å². The van der Waals surface area contributed by atoms with Crippen LogP contribution >= 0.6 is 11.3 Å². The average molecular weight is 437 g/mol. The normalized spacial score (nSPS) is 19.7. The van der Waals surface area contributed by atoms with Crippen molar-refractivity contribution < 1.29 is 22.7 Å². The fraction of sp³-hybridized carbons (Fsp3) is 0.450. The molecule has 0 saturated carbocycles. The molecule has 0 radical (unpaired) electrons. The molecule has 9 heteroatoms. The Morgan fingerprint density at radius 1 is 1.17 bits per heavy atom. The molecule has 156 valence electrons. The molecule has 1 amide bonds. The number of fused-ring (bicyclic) bond motifs is 1. The van der Waals surface area contributed by atoms with Gasteiger partial charge >= 0.3 is 0 Å². The van der Waals surface area contributed by atoms with E-state index < -0.39 is 10.0 Å². The molecule has 2 aliphatic heterocycles. The summed E-state index contributed by atoms with van der Waals surface area (Å²) in [4.78, 5) is 14.9. The van der Waals surface area contributed by atoms with Gasteiger partial charge in [0.25, 0.3) is 5.91 Å². The molecular formula is C20H24N2O5S2. The Labute approximate surface area is 174 Å². The second kappa shape index (κ2) is 8.33. The van der Waals surface area contributed by atoms with Crippen molar-refractivity contribution in [2.24, 2.45) is 0 Å². The van der Waals surface area contributed by atoms with Crippen LogP contribution in [0.4, 0.5) is 0 Å². The smallest absolute Gasteiger partial charge is 0.265 e. The van der Waals surface area contributed by atoms with Gasteiger partial charge in [-0.15, -0.1) is 11.3 Å². The second-order valence-corrected chi connectivity index (χ2v) is 10.1. The molecule has 2 aliphatic rings. The third-order valence-electron chi connectivity index (χ3n) is 5.15. The number of sulfonamides is 1. The van der Waals surface area contributed by atoms with E-state index in [4.69, 9.17) is 9.47 Å². The number of carbonyl (C=O) groups excluding carboxylic acids is 1. The molecule has 0 unspecified atom stereocenters. The zero-order valence-electron chi connectivity index (χ0n) is 16.2. The van der Waals surface area contributed by atoms with Gasteiger partial charge in [0, 0.05) is 20.1 Å². The fourth-order valence-electron chi connectivity index (χ4n) is 3.62. The van der Waals surface area contributed by atoms with E-state index in [2.05, 4.69) is 0 Å². The third kappa shape index (κ3) is 4.12. The van der Waals surface area contributed by atoms with E-state index in [0.717, 1.165) is 30.6 Å². The molecule has 4 rings (SSSR count). The summed E-state index contributed by atoms with van der Waals surface area (Å²) in [6.07, 6.45) is 2.43. The molecule has 0 bridgehead atoms. The van der Waals surface area contributed by atoms with Crippen molar-refractivity contribution in [2.75, 3.05) is 33.3 Å². The predicted octanol–water partition coefficient (Wildman–Crippen LogP) is 2.83. The van der Waals surface area contributed by atoms with Crippen molar-refractivity contribution in [2.45, 2.75) is 30.3 Å². The Kier molecular flexibility index (Phi) is 5.80. The molecule has 1 saturated heterocycles. The number of piperidine rings is 1. The summed E-state index contributed by atoms with van der Waals surface area (Å²) in [6.45, 7) is 1.65. The Morgan fingerprint density at radius 2 is 1.90 bits per heavy atom. The first-order valence-electron chi connectivity index (χ1n) is 9.68. The highest BCUT2D eigenvalue weighted by Crippen LogP contribution is 2.32. The number of likely N-dealkylation sites (N-methyl/N-ethyl adjacent to an activating group) is 1. The molecule has 29 heavy (non-hydrogen) atoms. The first-order chi connectivity index (χ1) is 14.0. The molecule has 0 N–H and O–H groups in total. The number of hydrogen-bond donors (Lipinski definition) is 0. The Hall–Kier alpha value is -2.10. The van der Waals surface area contributed by atoms with Gasteiger partial charge in [-0.25, -0.2) is 8.42 Å². The molecular weight excluding hydrogens is 412 g/mol. The summed E-state index contributed by atoms with van der Waals surface area (Å²) >= 11 is 1.16. The Balaban J connectivity index is 1.47. The first-order valence-corrected chi connectivity index (χ1v) is 12.0. The number of hydrogen-bond acceptors (Lipinski definition) is 6. The molecule has 3 heterocycles. The molecule has 1 fully saturated rings. The van der Waals surface area contributed by atoms with Crippen molar-refractivity contribution in [1.82, 2.24) is 9.21 Å². The van der Waals surface area contributed by atoms with Gasteiger partial charge in [-0.05, 0) is 36.4 Å². The lowest BCUT2D eigenvalue weighted by molar-refractivity contribution is 0.0521. The zero-order valence-corrected chi connectivity index (χ0v) is 17.9. The maximum absolute atomic E-state index is 13.0. The maximum Gasteiger partial charge on any atom is 0.265 e. The monoisotopic (exact) mass is 436 g/mol. The van der Waals surface area contributed by atoms with Crippen molar-refractivity contribution in [3.63, 3.8) is 0 Å².